The number of hydrogen-bond donors (Lipinski definition) is 1. The Labute approximate surface area is 147 Å². The molecule has 4 fully saturated rings. The molecule has 0 spiro atoms. The molecule has 4 rings (SSSR count). The van der Waals surface area contributed by atoms with Gasteiger partial charge in [-0.15, -0.1) is 6.42 Å². The Kier molecular flexibility index (Phi) is 3.87. The summed E-state index contributed by atoms with van der Waals surface area (Å²) in [5.41, 5.74) is -0.106. The highest BCUT2D eigenvalue weighted by molar-refractivity contribution is 5.19. The summed E-state index contributed by atoms with van der Waals surface area (Å²) < 4.78 is 5.69. The minimum Gasteiger partial charge on any atom is -0.381 e. The molecule has 0 radical (unpaired) electrons. The van der Waals surface area contributed by atoms with Crippen molar-refractivity contribution >= 4 is 0 Å². The Morgan fingerprint density at radius 2 is 1.88 bits per heavy atom. The molecule has 0 aromatic carbocycles. The van der Waals surface area contributed by atoms with Crippen LogP contribution < -0.4 is 0 Å². The van der Waals surface area contributed by atoms with Crippen molar-refractivity contribution in [2.75, 3.05) is 7.11 Å². The van der Waals surface area contributed by atoms with Crippen LogP contribution in [0.5, 0.6) is 0 Å². The van der Waals surface area contributed by atoms with E-state index in [1.165, 1.54) is 44.9 Å². The Morgan fingerprint density at radius 3 is 2.58 bits per heavy atom. The maximum absolute atomic E-state index is 10.8. The van der Waals surface area contributed by atoms with Gasteiger partial charge in [-0.2, -0.15) is 0 Å². The SMILES string of the molecule is C#CC1(O)CC2C3CCC4CC(OC)CCC4(C)C3CCC2(C)C1. The zero-order valence-corrected chi connectivity index (χ0v) is 15.7. The van der Waals surface area contributed by atoms with Crippen LogP contribution in [0.1, 0.15) is 71.6 Å². The molecular formula is C22H34O2. The maximum atomic E-state index is 10.8. The van der Waals surface area contributed by atoms with E-state index in [0.717, 1.165) is 30.6 Å². The van der Waals surface area contributed by atoms with Crippen LogP contribution >= 0.6 is 0 Å². The van der Waals surface area contributed by atoms with E-state index in [1.807, 2.05) is 7.11 Å². The van der Waals surface area contributed by atoms with Crippen LogP contribution in [0.15, 0.2) is 0 Å². The fourth-order valence-electron chi connectivity index (χ4n) is 7.66. The maximum Gasteiger partial charge on any atom is 0.126 e. The van der Waals surface area contributed by atoms with Gasteiger partial charge in [-0.1, -0.05) is 19.8 Å². The quantitative estimate of drug-likeness (QED) is 0.722. The molecule has 8 unspecified atom stereocenters. The fraction of sp³-hybridized carbons (Fsp3) is 0.909. The first-order valence-electron chi connectivity index (χ1n) is 10.1. The molecular weight excluding hydrogens is 296 g/mol. The van der Waals surface area contributed by atoms with E-state index in [2.05, 4.69) is 19.8 Å². The van der Waals surface area contributed by atoms with Gasteiger partial charge in [0.15, 0.2) is 0 Å². The van der Waals surface area contributed by atoms with Gasteiger partial charge in [0.05, 0.1) is 6.10 Å². The smallest absolute Gasteiger partial charge is 0.126 e. The number of terminal acetylenes is 1. The van der Waals surface area contributed by atoms with Crippen LogP contribution in [-0.4, -0.2) is 23.9 Å². The number of hydrogen-bond acceptors (Lipinski definition) is 2. The van der Waals surface area contributed by atoms with Crippen molar-refractivity contribution in [3.05, 3.63) is 0 Å². The Balaban J connectivity index is 1.60. The van der Waals surface area contributed by atoms with Gasteiger partial charge in [-0.05, 0) is 92.3 Å². The van der Waals surface area contributed by atoms with Crippen molar-refractivity contribution in [3.63, 3.8) is 0 Å². The molecule has 4 saturated carbocycles. The van der Waals surface area contributed by atoms with Crippen LogP contribution in [0, 0.1) is 46.8 Å². The third-order valence-corrected chi connectivity index (χ3v) is 8.99. The van der Waals surface area contributed by atoms with E-state index < -0.39 is 5.60 Å². The van der Waals surface area contributed by atoms with Gasteiger partial charge in [0, 0.05) is 7.11 Å². The molecule has 0 aliphatic heterocycles. The summed E-state index contributed by atoms with van der Waals surface area (Å²) >= 11 is 0. The van der Waals surface area contributed by atoms with Crippen LogP contribution in [-0.2, 0) is 4.74 Å². The van der Waals surface area contributed by atoms with Crippen LogP contribution in [0.4, 0.5) is 0 Å². The molecule has 0 aromatic heterocycles. The van der Waals surface area contributed by atoms with E-state index >= 15 is 0 Å². The monoisotopic (exact) mass is 330 g/mol. The first-order valence-corrected chi connectivity index (χ1v) is 10.1. The number of methoxy groups -OCH3 is 1. The second kappa shape index (κ2) is 5.49. The number of aliphatic hydroxyl groups is 1. The third kappa shape index (κ3) is 2.31. The predicted molar refractivity (Wildman–Crippen MR) is 96.3 cm³/mol. The summed E-state index contributed by atoms with van der Waals surface area (Å²) in [5.74, 6) is 5.78. The molecule has 0 aromatic rings. The lowest BCUT2D eigenvalue weighted by Crippen LogP contribution is -2.53. The van der Waals surface area contributed by atoms with Crippen LogP contribution in [0.25, 0.3) is 0 Å². The minimum absolute atomic E-state index is 0.259. The van der Waals surface area contributed by atoms with E-state index in [9.17, 15) is 5.11 Å². The van der Waals surface area contributed by atoms with Gasteiger partial charge in [0.1, 0.15) is 5.60 Å². The van der Waals surface area contributed by atoms with Gasteiger partial charge in [0.2, 0.25) is 0 Å². The highest BCUT2D eigenvalue weighted by Crippen LogP contribution is 2.67. The van der Waals surface area contributed by atoms with Crippen LogP contribution in [0.3, 0.4) is 0 Å². The number of rotatable bonds is 1. The topological polar surface area (TPSA) is 29.5 Å². The summed E-state index contributed by atoms with van der Waals surface area (Å²) in [6, 6.07) is 0. The van der Waals surface area contributed by atoms with Crippen molar-refractivity contribution in [2.45, 2.75) is 83.3 Å². The molecule has 0 saturated heterocycles. The lowest BCUT2D eigenvalue weighted by molar-refractivity contribution is -0.125. The molecule has 1 N–H and O–H groups in total. The Morgan fingerprint density at radius 1 is 1.08 bits per heavy atom. The van der Waals surface area contributed by atoms with E-state index in [0.29, 0.717) is 17.4 Å². The number of ether oxygens (including phenoxy) is 1. The summed E-state index contributed by atoms with van der Waals surface area (Å²) in [7, 11) is 1.88. The minimum atomic E-state index is -0.847. The number of fused-ring (bicyclic) bond motifs is 5. The first-order chi connectivity index (χ1) is 11.3. The summed E-state index contributed by atoms with van der Waals surface area (Å²) in [5, 5.41) is 10.8. The van der Waals surface area contributed by atoms with Gasteiger partial charge in [-0.3, -0.25) is 0 Å². The highest BCUT2D eigenvalue weighted by atomic mass is 16.5. The summed E-state index contributed by atoms with van der Waals surface area (Å²) in [6.45, 7) is 4.98. The van der Waals surface area contributed by atoms with Gasteiger partial charge < -0.3 is 9.84 Å². The van der Waals surface area contributed by atoms with Crippen molar-refractivity contribution < 1.29 is 9.84 Å². The summed E-state index contributed by atoms with van der Waals surface area (Å²) in [4.78, 5) is 0. The van der Waals surface area contributed by atoms with Crippen molar-refractivity contribution in [1.29, 1.82) is 0 Å². The molecule has 2 nitrogen and oxygen atoms in total. The van der Waals surface area contributed by atoms with E-state index in [4.69, 9.17) is 11.2 Å². The molecule has 24 heavy (non-hydrogen) atoms. The summed E-state index contributed by atoms with van der Waals surface area (Å²) in [6.07, 6.45) is 16.9. The van der Waals surface area contributed by atoms with Gasteiger partial charge in [-0.25, -0.2) is 0 Å². The molecule has 4 aliphatic carbocycles. The van der Waals surface area contributed by atoms with Crippen LogP contribution in [0.2, 0.25) is 0 Å². The average Bonchev–Trinajstić information content (AvgIpc) is 2.85. The van der Waals surface area contributed by atoms with Gasteiger partial charge in [0.25, 0.3) is 0 Å². The molecule has 0 amide bonds. The molecule has 2 heteroatoms. The second-order valence-electron chi connectivity index (χ2n) is 10.0. The molecule has 134 valence electrons. The molecule has 4 aliphatic rings. The lowest BCUT2D eigenvalue weighted by atomic mass is 9.45. The molecule has 0 heterocycles. The normalized spacial score (nSPS) is 56.7. The van der Waals surface area contributed by atoms with Crippen molar-refractivity contribution in [3.8, 4) is 12.3 Å². The second-order valence-corrected chi connectivity index (χ2v) is 10.0. The molecule has 8 atom stereocenters. The fourth-order valence-corrected chi connectivity index (χ4v) is 7.66. The predicted octanol–water partition coefficient (Wildman–Crippen LogP) is 4.41. The Bertz CT molecular complexity index is 551. The average molecular weight is 331 g/mol. The Hall–Kier alpha value is -0.520. The third-order valence-electron chi connectivity index (χ3n) is 8.99. The zero-order valence-electron chi connectivity index (χ0n) is 15.7. The highest BCUT2D eigenvalue weighted by Gasteiger charge is 2.61. The first kappa shape index (κ1) is 16.9. The van der Waals surface area contributed by atoms with Crippen molar-refractivity contribution in [2.24, 2.45) is 34.5 Å². The van der Waals surface area contributed by atoms with E-state index in [1.54, 1.807) is 0 Å². The molecule has 0 bridgehead atoms. The van der Waals surface area contributed by atoms with E-state index in [-0.39, 0.29) is 5.41 Å². The standard InChI is InChI=1S/C22H34O2/c1-5-22(23)13-19-17-7-6-15-12-16(24-4)8-11-21(15,3)18(17)9-10-20(19,2)14-22/h1,15-19,23H,6-14H2,2-4H3. The zero-order chi connectivity index (χ0) is 17.2. The van der Waals surface area contributed by atoms with Gasteiger partial charge >= 0.3 is 0 Å². The lowest BCUT2D eigenvalue weighted by Gasteiger charge is -2.60. The van der Waals surface area contributed by atoms with Crippen molar-refractivity contribution in [1.82, 2.24) is 0 Å². The largest absolute Gasteiger partial charge is 0.381 e.